The molecule has 0 radical (unpaired) electrons. The van der Waals surface area contributed by atoms with Gasteiger partial charge < -0.3 is 15.5 Å². The molecule has 2 amide bonds. The number of likely N-dealkylation sites (tertiary alicyclic amines) is 1. The number of amides is 2. The number of hydrogen-bond donors (Lipinski definition) is 3. The highest BCUT2D eigenvalue weighted by Gasteiger charge is 2.23. The largest absolute Gasteiger partial charge is 0.351 e. The van der Waals surface area contributed by atoms with Crippen molar-refractivity contribution in [3.05, 3.63) is 53.0 Å². The van der Waals surface area contributed by atoms with Gasteiger partial charge in [0.25, 0.3) is 11.8 Å². The summed E-state index contributed by atoms with van der Waals surface area (Å²) in [6, 6.07) is 5.47. The Bertz CT molecular complexity index is 1220. The number of hydrogen-bond acceptors (Lipinski definition) is 7. The van der Waals surface area contributed by atoms with Crippen LogP contribution in [0.5, 0.6) is 0 Å². The van der Waals surface area contributed by atoms with Gasteiger partial charge in [0.15, 0.2) is 5.82 Å². The fourth-order valence-electron chi connectivity index (χ4n) is 4.55. The summed E-state index contributed by atoms with van der Waals surface area (Å²) in [7, 11) is 1.40. The van der Waals surface area contributed by atoms with Gasteiger partial charge in [-0.15, -0.1) is 0 Å². The van der Waals surface area contributed by atoms with Gasteiger partial charge in [0.1, 0.15) is 11.8 Å². The van der Waals surface area contributed by atoms with E-state index in [1.165, 1.54) is 26.3 Å². The van der Waals surface area contributed by atoms with Gasteiger partial charge in [-0.1, -0.05) is 19.9 Å². The number of anilines is 2. The molecule has 0 atom stereocenters. The number of aromatic nitrogens is 3. The van der Waals surface area contributed by atoms with E-state index in [0.29, 0.717) is 29.2 Å². The molecule has 0 saturated carbocycles. The molecule has 1 aromatic carbocycles. The van der Waals surface area contributed by atoms with E-state index in [1.54, 1.807) is 16.8 Å². The van der Waals surface area contributed by atoms with Crippen LogP contribution in [-0.2, 0) is 4.84 Å². The SMILES string of the molecule is CONC(=O)c1cc(Nc2ncnn3cc(C(=O)NCCN4CCCC4)c(C(C)C)c23)ccc1C. The quantitative estimate of drug-likeness (QED) is 0.404. The maximum Gasteiger partial charge on any atom is 0.275 e. The molecular formula is C25H33N7O3. The van der Waals surface area contributed by atoms with E-state index in [1.807, 2.05) is 32.9 Å². The zero-order valence-corrected chi connectivity index (χ0v) is 20.7. The summed E-state index contributed by atoms with van der Waals surface area (Å²) in [5.74, 6) is 0.173. The molecule has 10 heteroatoms. The Labute approximate surface area is 205 Å². The van der Waals surface area contributed by atoms with Crippen molar-refractivity contribution < 1.29 is 14.4 Å². The topological polar surface area (TPSA) is 113 Å². The third-order valence-electron chi connectivity index (χ3n) is 6.29. The molecule has 3 N–H and O–H groups in total. The van der Waals surface area contributed by atoms with Gasteiger partial charge in [0, 0.05) is 30.5 Å². The van der Waals surface area contributed by atoms with Crippen LogP contribution in [0.4, 0.5) is 11.5 Å². The number of carbonyl (C=O) groups excluding carboxylic acids is 2. The van der Waals surface area contributed by atoms with Crippen molar-refractivity contribution >= 4 is 28.8 Å². The van der Waals surface area contributed by atoms with Crippen molar-refractivity contribution in [3.8, 4) is 0 Å². The van der Waals surface area contributed by atoms with Crippen LogP contribution < -0.4 is 16.1 Å². The summed E-state index contributed by atoms with van der Waals surface area (Å²) < 4.78 is 1.69. The number of fused-ring (bicyclic) bond motifs is 1. The Kier molecular flexibility index (Phi) is 7.62. The van der Waals surface area contributed by atoms with Crippen LogP contribution in [0, 0.1) is 6.92 Å². The predicted octanol–water partition coefficient (Wildman–Crippen LogP) is 3.02. The Balaban J connectivity index is 1.62. The van der Waals surface area contributed by atoms with Crippen molar-refractivity contribution in [2.45, 2.75) is 39.5 Å². The molecule has 1 aliphatic rings. The molecule has 3 aromatic rings. The summed E-state index contributed by atoms with van der Waals surface area (Å²) in [6.45, 7) is 9.61. The summed E-state index contributed by atoms with van der Waals surface area (Å²) in [5, 5.41) is 10.7. The highest BCUT2D eigenvalue weighted by molar-refractivity contribution is 6.00. The van der Waals surface area contributed by atoms with Gasteiger partial charge in [-0.3, -0.25) is 14.4 Å². The van der Waals surface area contributed by atoms with E-state index in [-0.39, 0.29) is 17.7 Å². The third-order valence-corrected chi connectivity index (χ3v) is 6.29. The van der Waals surface area contributed by atoms with Crippen molar-refractivity contribution in [1.29, 1.82) is 0 Å². The van der Waals surface area contributed by atoms with Crippen LogP contribution in [0.15, 0.2) is 30.7 Å². The van der Waals surface area contributed by atoms with Crippen LogP contribution in [-0.4, -0.2) is 64.6 Å². The molecule has 1 saturated heterocycles. The van der Waals surface area contributed by atoms with Gasteiger partial charge in [0.05, 0.1) is 12.7 Å². The number of aryl methyl sites for hydroxylation is 1. The Hall–Kier alpha value is -3.50. The molecule has 0 spiro atoms. The van der Waals surface area contributed by atoms with E-state index in [9.17, 15) is 9.59 Å². The van der Waals surface area contributed by atoms with E-state index < -0.39 is 0 Å². The molecule has 1 aliphatic heterocycles. The number of rotatable bonds is 9. The monoisotopic (exact) mass is 479 g/mol. The van der Waals surface area contributed by atoms with Crippen molar-refractivity contribution in [2.75, 3.05) is 38.6 Å². The lowest BCUT2D eigenvalue weighted by Gasteiger charge is -2.15. The Morgan fingerprint density at radius 2 is 1.91 bits per heavy atom. The first-order valence-corrected chi connectivity index (χ1v) is 12.0. The summed E-state index contributed by atoms with van der Waals surface area (Å²) in [4.78, 5) is 37.1. The average Bonchev–Trinajstić information content (AvgIpc) is 3.49. The molecule has 35 heavy (non-hydrogen) atoms. The highest BCUT2D eigenvalue weighted by Crippen LogP contribution is 2.31. The maximum atomic E-state index is 13.1. The number of nitrogens with zero attached hydrogens (tertiary/aromatic N) is 4. The molecule has 0 aliphatic carbocycles. The lowest BCUT2D eigenvalue weighted by molar-refractivity contribution is 0.0537. The van der Waals surface area contributed by atoms with Crippen LogP contribution in [0.25, 0.3) is 5.52 Å². The number of benzene rings is 1. The molecular weight excluding hydrogens is 446 g/mol. The predicted molar refractivity (Wildman–Crippen MR) is 134 cm³/mol. The van der Waals surface area contributed by atoms with Crippen LogP contribution >= 0.6 is 0 Å². The first kappa shape index (κ1) is 24.6. The molecule has 4 rings (SSSR count). The van der Waals surface area contributed by atoms with E-state index in [0.717, 1.165) is 36.3 Å². The number of hydroxylamine groups is 1. The third kappa shape index (κ3) is 5.44. The first-order chi connectivity index (χ1) is 16.9. The second kappa shape index (κ2) is 10.8. The van der Waals surface area contributed by atoms with Crippen LogP contribution in [0.3, 0.4) is 0 Å². The van der Waals surface area contributed by atoms with Crippen molar-refractivity contribution in [3.63, 3.8) is 0 Å². The van der Waals surface area contributed by atoms with Crippen molar-refractivity contribution in [1.82, 2.24) is 30.3 Å². The van der Waals surface area contributed by atoms with Gasteiger partial charge in [0.2, 0.25) is 0 Å². The summed E-state index contributed by atoms with van der Waals surface area (Å²) in [5.41, 5.74) is 6.54. The minimum atomic E-state index is -0.333. The normalized spacial score (nSPS) is 14.0. The van der Waals surface area contributed by atoms with Gasteiger partial charge in [-0.25, -0.2) is 15.0 Å². The second-order valence-corrected chi connectivity index (χ2v) is 9.11. The number of nitrogens with one attached hydrogen (secondary N) is 3. The van der Waals surface area contributed by atoms with Crippen LogP contribution in [0.1, 0.15) is 64.4 Å². The van der Waals surface area contributed by atoms with Gasteiger partial charge in [-0.2, -0.15) is 5.10 Å². The molecule has 1 fully saturated rings. The first-order valence-electron chi connectivity index (χ1n) is 12.0. The van der Waals surface area contributed by atoms with Gasteiger partial charge in [-0.05, 0) is 62.0 Å². The lowest BCUT2D eigenvalue weighted by atomic mass is 9.99. The standard InChI is InChI=1S/C25H33N7O3/c1-16(2)21-20(24(33)26-9-12-31-10-5-6-11-31)14-32-22(21)23(27-15-28-32)29-18-8-7-17(3)19(13-18)25(34)30-35-4/h7-8,13-16H,5-6,9-12H2,1-4H3,(H,26,33)(H,30,34)(H,27,28,29). The molecule has 10 nitrogen and oxygen atoms in total. The zero-order chi connectivity index (χ0) is 24.9. The fraction of sp³-hybridized carbons (Fsp3) is 0.440. The summed E-state index contributed by atoms with van der Waals surface area (Å²) >= 11 is 0. The average molecular weight is 480 g/mol. The number of carbonyl (C=O) groups is 2. The molecule has 0 unspecified atom stereocenters. The fourth-order valence-corrected chi connectivity index (χ4v) is 4.55. The maximum absolute atomic E-state index is 13.1. The zero-order valence-electron chi connectivity index (χ0n) is 20.7. The minimum Gasteiger partial charge on any atom is -0.351 e. The highest BCUT2D eigenvalue weighted by atomic mass is 16.6. The minimum absolute atomic E-state index is 0.0620. The Morgan fingerprint density at radius 3 is 2.63 bits per heavy atom. The van der Waals surface area contributed by atoms with E-state index in [2.05, 4.69) is 31.1 Å². The van der Waals surface area contributed by atoms with E-state index in [4.69, 9.17) is 4.84 Å². The van der Waals surface area contributed by atoms with E-state index >= 15 is 0 Å². The molecule has 2 aromatic heterocycles. The summed E-state index contributed by atoms with van der Waals surface area (Å²) in [6.07, 6.45) is 5.66. The van der Waals surface area contributed by atoms with Crippen molar-refractivity contribution in [2.24, 2.45) is 0 Å². The van der Waals surface area contributed by atoms with Crippen LogP contribution in [0.2, 0.25) is 0 Å². The molecule has 0 bridgehead atoms. The second-order valence-electron chi connectivity index (χ2n) is 9.11. The Morgan fingerprint density at radius 1 is 1.14 bits per heavy atom. The lowest BCUT2D eigenvalue weighted by Crippen LogP contribution is -2.33. The molecule has 186 valence electrons. The van der Waals surface area contributed by atoms with Gasteiger partial charge >= 0.3 is 0 Å². The molecule has 3 heterocycles. The smallest absolute Gasteiger partial charge is 0.275 e.